The van der Waals surface area contributed by atoms with Gasteiger partial charge in [-0.3, -0.25) is 14.4 Å². The van der Waals surface area contributed by atoms with Gasteiger partial charge >= 0.3 is 17.9 Å². The summed E-state index contributed by atoms with van der Waals surface area (Å²) in [4.78, 5) is 33.2. The van der Waals surface area contributed by atoms with Crippen molar-refractivity contribution in [2.24, 2.45) is 0 Å². The second-order valence-electron chi connectivity index (χ2n) is 4.62. The molecule has 1 rings (SSSR count). The zero-order valence-corrected chi connectivity index (χ0v) is 12.5. The minimum absolute atomic E-state index is 0.000248. The van der Waals surface area contributed by atoms with Crippen molar-refractivity contribution in [1.82, 2.24) is 0 Å². The molecular formula is C13H20O8. The molecule has 0 N–H and O–H groups in total. The molecule has 1 aliphatic rings. The maximum absolute atomic E-state index is 11.2. The monoisotopic (exact) mass is 304 g/mol. The van der Waals surface area contributed by atoms with E-state index in [1.54, 1.807) is 0 Å². The second kappa shape index (κ2) is 7.94. The van der Waals surface area contributed by atoms with E-state index in [9.17, 15) is 14.4 Å². The highest BCUT2D eigenvalue weighted by Crippen LogP contribution is 2.26. The number of rotatable bonds is 5. The Labute approximate surface area is 122 Å². The van der Waals surface area contributed by atoms with Gasteiger partial charge in [-0.25, -0.2) is 0 Å². The maximum atomic E-state index is 11.2. The first-order valence-electron chi connectivity index (χ1n) is 6.49. The van der Waals surface area contributed by atoms with Crippen LogP contribution in [0.5, 0.6) is 0 Å². The predicted octanol–water partition coefficient (Wildman–Crippen LogP) is 0.174. The molecule has 0 aromatic carbocycles. The molecule has 0 amide bonds. The lowest BCUT2D eigenvalue weighted by molar-refractivity contribution is -0.272. The van der Waals surface area contributed by atoms with Gasteiger partial charge in [-0.05, 0) is 0 Å². The van der Waals surface area contributed by atoms with Crippen LogP contribution in [-0.2, 0) is 38.1 Å². The third kappa shape index (κ3) is 5.68. The molecule has 1 fully saturated rings. The van der Waals surface area contributed by atoms with Crippen molar-refractivity contribution in [3.8, 4) is 0 Å². The molecule has 0 saturated carbocycles. The summed E-state index contributed by atoms with van der Waals surface area (Å²) >= 11 is 0. The van der Waals surface area contributed by atoms with Gasteiger partial charge in [0, 0.05) is 34.3 Å². The van der Waals surface area contributed by atoms with Crippen LogP contribution in [0.4, 0.5) is 0 Å². The zero-order valence-electron chi connectivity index (χ0n) is 12.5. The average molecular weight is 304 g/mol. The van der Waals surface area contributed by atoms with Crippen molar-refractivity contribution in [3.05, 3.63) is 0 Å². The second-order valence-corrected chi connectivity index (χ2v) is 4.62. The quantitative estimate of drug-likeness (QED) is 0.524. The standard InChI is InChI=1S/C13H20O8/c1-7(14)18-6-10-5-11(19-8(2)15)12(20-9(3)16)13(17-4)21-10/h10-13H,5-6H2,1-4H3/t10-,11-,12+,13-/m0/s1. The first-order valence-corrected chi connectivity index (χ1v) is 6.49. The molecule has 0 bridgehead atoms. The van der Waals surface area contributed by atoms with E-state index < -0.39 is 42.5 Å². The Hall–Kier alpha value is -1.67. The highest BCUT2D eigenvalue weighted by Gasteiger charge is 2.43. The molecule has 0 aromatic heterocycles. The molecule has 0 spiro atoms. The first-order chi connectivity index (χ1) is 9.83. The Morgan fingerprint density at radius 2 is 1.67 bits per heavy atom. The highest BCUT2D eigenvalue weighted by atomic mass is 16.7. The van der Waals surface area contributed by atoms with Gasteiger partial charge in [-0.15, -0.1) is 0 Å². The SMILES string of the molecule is CO[C@H]1O[C@H](COC(C)=O)C[C@H](OC(C)=O)[C@H]1OC(C)=O. The van der Waals surface area contributed by atoms with Crippen LogP contribution >= 0.6 is 0 Å². The van der Waals surface area contributed by atoms with E-state index in [4.69, 9.17) is 23.7 Å². The lowest BCUT2D eigenvalue weighted by Crippen LogP contribution is -2.53. The average Bonchev–Trinajstić information content (AvgIpc) is 2.37. The van der Waals surface area contributed by atoms with Gasteiger partial charge in [0.1, 0.15) is 12.7 Å². The smallest absolute Gasteiger partial charge is 0.303 e. The van der Waals surface area contributed by atoms with Crippen molar-refractivity contribution < 1.29 is 38.1 Å². The van der Waals surface area contributed by atoms with Crippen molar-refractivity contribution in [1.29, 1.82) is 0 Å². The van der Waals surface area contributed by atoms with Crippen molar-refractivity contribution in [2.45, 2.75) is 51.8 Å². The number of esters is 3. The Morgan fingerprint density at radius 3 is 2.14 bits per heavy atom. The van der Waals surface area contributed by atoms with E-state index in [0.29, 0.717) is 0 Å². The molecule has 1 heterocycles. The van der Waals surface area contributed by atoms with Crippen LogP contribution in [0.3, 0.4) is 0 Å². The molecule has 8 heteroatoms. The molecule has 1 saturated heterocycles. The van der Waals surface area contributed by atoms with E-state index in [-0.39, 0.29) is 13.0 Å². The van der Waals surface area contributed by atoms with Crippen LogP contribution in [0, 0.1) is 0 Å². The van der Waals surface area contributed by atoms with Gasteiger partial charge in [-0.2, -0.15) is 0 Å². The van der Waals surface area contributed by atoms with E-state index in [2.05, 4.69) is 0 Å². The van der Waals surface area contributed by atoms with Gasteiger partial charge in [0.15, 0.2) is 12.4 Å². The fourth-order valence-corrected chi connectivity index (χ4v) is 2.05. The van der Waals surface area contributed by atoms with Gasteiger partial charge in [0.2, 0.25) is 0 Å². The minimum atomic E-state index is -0.910. The van der Waals surface area contributed by atoms with E-state index in [0.717, 1.165) is 0 Å². The Kier molecular flexibility index (Phi) is 6.57. The summed E-state index contributed by atoms with van der Waals surface area (Å²) in [5, 5.41) is 0. The Morgan fingerprint density at radius 1 is 1.05 bits per heavy atom. The van der Waals surface area contributed by atoms with Crippen molar-refractivity contribution >= 4 is 17.9 Å². The van der Waals surface area contributed by atoms with E-state index >= 15 is 0 Å². The zero-order chi connectivity index (χ0) is 16.0. The predicted molar refractivity (Wildman–Crippen MR) is 68.0 cm³/mol. The molecular weight excluding hydrogens is 284 g/mol. The summed E-state index contributed by atoms with van der Waals surface area (Å²) in [7, 11) is 1.38. The number of methoxy groups -OCH3 is 1. The fourth-order valence-electron chi connectivity index (χ4n) is 2.05. The molecule has 0 aromatic rings. The molecule has 0 radical (unpaired) electrons. The van der Waals surface area contributed by atoms with E-state index in [1.165, 1.54) is 27.9 Å². The summed E-state index contributed by atoms with van der Waals surface area (Å²) in [6.07, 6.45) is -2.80. The van der Waals surface area contributed by atoms with Crippen LogP contribution in [0.25, 0.3) is 0 Å². The topological polar surface area (TPSA) is 97.4 Å². The number of carbonyl (C=O) groups is 3. The normalized spacial score (nSPS) is 28.6. The summed E-state index contributed by atoms with van der Waals surface area (Å²) in [6, 6.07) is 0. The molecule has 4 atom stereocenters. The van der Waals surface area contributed by atoms with Crippen LogP contribution in [0.15, 0.2) is 0 Å². The molecule has 0 unspecified atom stereocenters. The molecule has 0 aliphatic carbocycles. The number of carbonyl (C=O) groups excluding carboxylic acids is 3. The summed E-state index contributed by atoms with van der Waals surface area (Å²) < 4.78 is 25.8. The minimum Gasteiger partial charge on any atom is -0.463 e. The summed E-state index contributed by atoms with van der Waals surface area (Å²) in [5.41, 5.74) is 0. The molecule has 21 heavy (non-hydrogen) atoms. The van der Waals surface area contributed by atoms with Gasteiger partial charge in [0.05, 0.1) is 6.10 Å². The number of ether oxygens (including phenoxy) is 5. The first kappa shape index (κ1) is 17.4. The third-order valence-electron chi connectivity index (χ3n) is 2.78. The van der Waals surface area contributed by atoms with Crippen LogP contribution < -0.4 is 0 Å². The maximum Gasteiger partial charge on any atom is 0.303 e. The van der Waals surface area contributed by atoms with Gasteiger partial charge < -0.3 is 23.7 Å². The molecule has 1 aliphatic heterocycles. The van der Waals surface area contributed by atoms with Crippen molar-refractivity contribution in [2.75, 3.05) is 13.7 Å². The van der Waals surface area contributed by atoms with Crippen LogP contribution in [0.2, 0.25) is 0 Å². The largest absolute Gasteiger partial charge is 0.463 e. The number of hydrogen-bond acceptors (Lipinski definition) is 8. The van der Waals surface area contributed by atoms with E-state index in [1.807, 2.05) is 0 Å². The molecule has 120 valence electrons. The third-order valence-corrected chi connectivity index (χ3v) is 2.78. The molecule has 8 nitrogen and oxygen atoms in total. The van der Waals surface area contributed by atoms with Crippen LogP contribution in [-0.4, -0.2) is 56.2 Å². The lowest BCUT2D eigenvalue weighted by atomic mass is 10.0. The Bertz CT molecular complexity index is 394. The van der Waals surface area contributed by atoms with Crippen molar-refractivity contribution in [3.63, 3.8) is 0 Å². The highest BCUT2D eigenvalue weighted by molar-refractivity contribution is 5.67. The number of hydrogen-bond donors (Lipinski definition) is 0. The fraction of sp³-hybridized carbons (Fsp3) is 0.769. The Balaban J connectivity index is 2.80. The van der Waals surface area contributed by atoms with Gasteiger partial charge in [0.25, 0.3) is 0 Å². The summed E-state index contributed by atoms with van der Waals surface area (Å²) in [5.74, 6) is -1.50. The van der Waals surface area contributed by atoms with Gasteiger partial charge in [-0.1, -0.05) is 0 Å². The summed E-state index contributed by atoms with van der Waals surface area (Å²) in [6.45, 7) is 3.77. The lowest BCUT2D eigenvalue weighted by Gasteiger charge is -2.39. The van der Waals surface area contributed by atoms with Crippen LogP contribution in [0.1, 0.15) is 27.2 Å².